The summed E-state index contributed by atoms with van der Waals surface area (Å²) in [7, 11) is -3.47. The molecule has 1 aliphatic rings. The van der Waals surface area contributed by atoms with Crippen LogP contribution in [-0.4, -0.2) is 37.6 Å². The van der Waals surface area contributed by atoms with Crippen LogP contribution in [-0.2, 0) is 10.0 Å². The first-order valence-corrected chi connectivity index (χ1v) is 8.28. The molecule has 1 N–H and O–H groups in total. The van der Waals surface area contributed by atoms with E-state index in [-0.39, 0.29) is 11.1 Å². The van der Waals surface area contributed by atoms with Crippen molar-refractivity contribution in [1.29, 1.82) is 0 Å². The van der Waals surface area contributed by atoms with Crippen LogP contribution in [0.15, 0.2) is 29.4 Å². The molecule has 1 aromatic heterocycles. The maximum atomic E-state index is 12.3. The van der Waals surface area contributed by atoms with E-state index in [1.165, 1.54) is 6.20 Å². The fraction of sp³-hybridized carbons (Fsp3) is 0.615. The highest BCUT2D eigenvalue weighted by molar-refractivity contribution is 7.89. The molecule has 19 heavy (non-hydrogen) atoms. The van der Waals surface area contributed by atoms with Crippen molar-refractivity contribution in [2.75, 3.05) is 13.1 Å². The lowest BCUT2D eigenvalue weighted by Gasteiger charge is -2.35. The van der Waals surface area contributed by atoms with Gasteiger partial charge in [0.05, 0.1) is 6.17 Å². The lowest BCUT2D eigenvalue weighted by Crippen LogP contribution is -2.50. The quantitative estimate of drug-likeness (QED) is 0.891. The van der Waals surface area contributed by atoms with Crippen LogP contribution in [0, 0.1) is 0 Å². The van der Waals surface area contributed by atoms with Crippen LogP contribution in [0.25, 0.3) is 0 Å². The van der Waals surface area contributed by atoms with Gasteiger partial charge in [-0.2, -0.15) is 4.72 Å². The third-order valence-electron chi connectivity index (χ3n) is 3.36. The van der Waals surface area contributed by atoms with Crippen molar-refractivity contribution in [2.24, 2.45) is 0 Å². The minimum atomic E-state index is -3.47. The van der Waals surface area contributed by atoms with E-state index in [1.54, 1.807) is 18.3 Å². The lowest BCUT2D eigenvalue weighted by atomic mass is 10.1. The average molecular weight is 283 g/mol. The molecular weight excluding hydrogens is 262 g/mol. The van der Waals surface area contributed by atoms with Crippen molar-refractivity contribution in [1.82, 2.24) is 14.6 Å². The highest BCUT2D eigenvalue weighted by Crippen LogP contribution is 2.17. The zero-order valence-electron chi connectivity index (χ0n) is 11.2. The Hall–Kier alpha value is -0.980. The van der Waals surface area contributed by atoms with Crippen LogP contribution < -0.4 is 4.72 Å². The molecule has 0 radical (unpaired) electrons. The second-order valence-electron chi connectivity index (χ2n) is 4.86. The Bertz CT molecular complexity index is 488. The number of aromatic nitrogens is 1. The van der Waals surface area contributed by atoms with E-state index < -0.39 is 10.0 Å². The van der Waals surface area contributed by atoms with E-state index >= 15 is 0 Å². The second kappa shape index (κ2) is 6.45. The topological polar surface area (TPSA) is 62.3 Å². The molecule has 1 aromatic rings. The number of nitrogens with one attached hydrogen (secondary N) is 1. The molecule has 0 aromatic carbocycles. The molecule has 106 valence electrons. The molecule has 5 nitrogen and oxygen atoms in total. The Morgan fingerprint density at radius 1 is 1.47 bits per heavy atom. The fourth-order valence-electron chi connectivity index (χ4n) is 2.43. The van der Waals surface area contributed by atoms with Gasteiger partial charge in [-0.3, -0.25) is 9.88 Å². The van der Waals surface area contributed by atoms with Gasteiger partial charge in [0.15, 0.2) is 0 Å². The van der Waals surface area contributed by atoms with Gasteiger partial charge in [-0.05, 0) is 50.9 Å². The summed E-state index contributed by atoms with van der Waals surface area (Å²) in [6, 6.07) is 3.21. The van der Waals surface area contributed by atoms with Gasteiger partial charge in [-0.15, -0.1) is 0 Å². The van der Waals surface area contributed by atoms with Gasteiger partial charge in [-0.25, -0.2) is 8.42 Å². The maximum absolute atomic E-state index is 12.3. The summed E-state index contributed by atoms with van der Waals surface area (Å²) in [6.45, 7) is 4.01. The van der Waals surface area contributed by atoms with Crippen molar-refractivity contribution in [2.45, 2.75) is 43.7 Å². The number of pyridine rings is 1. The summed E-state index contributed by atoms with van der Waals surface area (Å²) >= 11 is 0. The van der Waals surface area contributed by atoms with Crippen LogP contribution in [0.1, 0.15) is 32.6 Å². The number of hydrogen-bond acceptors (Lipinski definition) is 4. The molecule has 0 spiro atoms. The van der Waals surface area contributed by atoms with Gasteiger partial charge in [0, 0.05) is 12.4 Å². The molecule has 0 bridgehead atoms. The predicted molar refractivity (Wildman–Crippen MR) is 74.1 cm³/mol. The lowest BCUT2D eigenvalue weighted by molar-refractivity contribution is 0.139. The summed E-state index contributed by atoms with van der Waals surface area (Å²) < 4.78 is 27.3. The molecule has 0 saturated carbocycles. The van der Waals surface area contributed by atoms with E-state index in [2.05, 4.69) is 21.5 Å². The molecular formula is C13H21N3O2S. The van der Waals surface area contributed by atoms with Gasteiger partial charge in [-0.1, -0.05) is 6.92 Å². The molecule has 1 fully saturated rings. The van der Waals surface area contributed by atoms with Gasteiger partial charge < -0.3 is 0 Å². The predicted octanol–water partition coefficient (Wildman–Crippen LogP) is 1.58. The first-order valence-electron chi connectivity index (χ1n) is 6.80. The molecule has 2 rings (SSSR count). The van der Waals surface area contributed by atoms with E-state index in [4.69, 9.17) is 0 Å². The van der Waals surface area contributed by atoms with Gasteiger partial charge in [0.25, 0.3) is 0 Å². The number of hydrogen-bond donors (Lipinski definition) is 1. The second-order valence-corrected chi connectivity index (χ2v) is 6.57. The van der Waals surface area contributed by atoms with E-state index in [9.17, 15) is 8.42 Å². The summed E-state index contributed by atoms with van der Waals surface area (Å²) in [5, 5.41) is 0. The number of nitrogens with zero attached hydrogens (tertiary/aromatic N) is 2. The molecule has 6 heteroatoms. The van der Waals surface area contributed by atoms with Crippen molar-refractivity contribution in [3.05, 3.63) is 24.5 Å². The molecule has 1 saturated heterocycles. The van der Waals surface area contributed by atoms with Crippen LogP contribution >= 0.6 is 0 Å². The molecule has 0 aliphatic carbocycles. The minimum absolute atomic E-state index is 0.0843. The van der Waals surface area contributed by atoms with E-state index in [1.807, 2.05) is 0 Å². The molecule has 1 atom stereocenters. The number of rotatable bonds is 5. The van der Waals surface area contributed by atoms with Crippen molar-refractivity contribution >= 4 is 10.0 Å². The first-order chi connectivity index (χ1) is 9.13. The fourth-order valence-corrected chi connectivity index (χ4v) is 3.65. The van der Waals surface area contributed by atoms with Crippen LogP contribution in [0.2, 0.25) is 0 Å². The highest BCUT2D eigenvalue weighted by atomic mass is 32.2. The maximum Gasteiger partial charge on any atom is 0.243 e. The van der Waals surface area contributed by atoms with Gasteiger partial charge >= 0.3 is 0 Å². The highest BCUT2D eigenvalue weighted by Gasteiger charge is 2.26. The largest absolute Gasteiger partial charge is 0.287 e. The van der Waals surface area contributed by atoms with E-state index in [0.717, 1.165) is 38.8 Å². The summed E-state index contributed by atoms with van der Waals surface area (Å²) in [5.41, 5.74) is 0. The Morgan fingerprint density at radius 2 is 2.32 bits per heavy atom. The minimum Gasteiger partial charge on any atom is -0.287 e. The van der Waals surface area contributed by atoms with Crippen molar-refractivity contribution in [3.8, 4) is 0 Å². The third-order valence-corrected chi connectivity index (χ3v) is 4.80. The van der Waals surface area contributed by atoms with Crippen LogP contribution in [0.4, 0.5) is 0 Å². The average Bonchev–Trinajstić information content (AvgIpc) is 2.42. The SMILES string of the molecule is CCCN1CCCCC1NS(=O)(=O)c1cccnc1. The summed E-state index contributed by atoms with van der Waals surface area (Å²) in [6.07, 6.45) is 6.99. The monoisotopic (exact) mass is 283 g/mol. The smallest absolute Gasteiger partial charge is 0.243 e. The molecule has 0 amide bonds. The van der Waals surface area contributed by atoms with Gasteiger partial charge in [0.2, 0.25) is 10.0 Å². The zero-order valence-corrected chi connectivity index (χ0v) is 12.1. The zero-order chi connectivity index (χ0) is 13.7. The molecule has 1 unspecified atom stereocenters. The normalized spacial score (nSPS) is 21.4. The Morgan fingerprint density at radius 3 is 3.00 bits per heavy atom. The molecule has 1 aliphatic heterocycles. The van der Waals surface area contributed by atoms with Crippen LogP contribution in [0.3, 0.4) is 0 Å². The van der Waals surface area contributed by atoms with Gasteiger partial charge in [0.1, 0.15) is 4.90 Å². The number of piperidine rings is 1. The Balaban J connectivity index is 2.10. The van der Waals surface area contributed by atoms with Crippen molar-refractivity contribution in [3.63, 3.8) is 0 Å². The number of likely N-dealkylation sites (tertiary alicyclic amines) is 1. The standard InChI is InChI=1S/C13H21N3O2S/c1-2-9-16-10-4-3-7-13(16)15-19(17,18)12-6-5-8-14-11-12/h5-6,8,11,13,15H,2-4,7,9-10H2,1H3. The van der Waals surface area contributed by atoms with Crippen molar-refractivity contribution < 1.29 is 8.42 Å². The Kier molecular flexibility index (Phi) is 4.90. The summed E-state index contributed by atoms with van der Waals surface area (Å²) in [4.78, 5) is 6.32. The Labute approximate surface area is 115 Å². The first kappa shape index (κ1) is 14.4. The number of sulfonamides is 1. The van der Waals surface area contributed by atoms with Crippen LogP contribution in [0.5, 0.6) is 0 Å². The summed E-state index contributed by atoms with van der Waals surface area (Å²) in [5.74, 6) is 0. The van der Waals surface area contributed by atoms with E-state index in [0.29, 0.717) is 0 Å². The third kappa shape index (κ3) is 3.75. The molecule has 2 heterocycles.